The van der Waals surface area contributed by atoms with Gasteiger partial charge in [0.05, 0.1) is 0 Å². The zero-order valence-corrected chi connectivity index (χ0v) is 11.7. The second-order valence-corrected chi connectivity index (χ2v) is 6.01. The van der Waals surface area contributed by atoms with Gasteiger partial charge in [0.1, 0.15) is 0 Å². The zero-order valence-electron chi connectivity index (χ0n) is 11.7. The molecule has 0 saturated heterocycles. The van der Waals surface area contributed by atoms with E-state index in [1.807, 2.05) is 0 Å². The smallest absolute Gasteiger partial charge is 0.0331 e. The summed E-state index contributed by atoms with van der Waals surface area (Å²) in [4.78, 5) is 0. The number of rotatable bonds is 9. The summed E-state index contributed by atoms with van der Waals surface area (Å²) in [6, 6.07) is 0. The van der Waals surface area contributed by atoms with E-state index in [4.69, 9.17) is 0 Å². The van der Waals surface area contributed by atoms with Crippen LogP contribution < -0.4 is 0 Å². The van der Waals surface area contributed by atoms with Gasteiger partial charge in [-0.25, -0.2) is 0 Å². The predicted octanol–water partition coefficient (Wildman–Crippen LogP) is 5.81. The van der Waals surface area contributed by atoms with Crippen molar-refractivity contribution in [1.29, 1.82) is 0 Å². The SMILES string of the molecule is CCCCCCCCCC(C)(C)C(C)C. The van der Waals surface area contributed by atoms with Gasteiger partial charge in [-0.1, -0.05) is 79.6 Å². The Morgan fingerprint density at radius 3 is 1.73 bits per heavy atom. The van der Waals surface area contributed by atoms with Crippen LogP contribution in [0.25, 0.3) is 0 Å². The van der Waals surface area contributed by atoms with E-state index in [0.29, 0.717) is 5.41 Å². The molecule has 15 heavy (non-hydrogen) atoms. The first-order valence-corrected chi connectivity index (χ1v) is 7.00. The minimum absolute atomic E-state index is 0.545. The van der Waals surface area contributed by atoms with Gasteiger partial charge in [0.2, 0.25) is 0 Å². The lowest BCUT2D eigenvalue weighted by atomic mass is 9.77. The summed E-state index contributed by atoms with van der Waals surface area (Å²) in [5.74, 6) is 0.817. The Kier molecular flexibility index (Phi) is 8.19. The van der Waals surface area contributed by atoms with Crippen molar-refractivity contribution in [2.45, 2.75) is 86.0 Å². The number of hydrogen-bond acceptors (Lipinski definition) is 0. The molecule has 0 aliphatic carbocycles. The fourth-order valence-corrected chi connectivity index (χ4v) is 1.83. The fraction of sp³-hybridized carbons (Fsp3) is 1.00. The standard InChI is InChI=1S/C15H32/c1-6-7-8-9-10-11-12-13-15(4,5)14(2)3/h14H,6-13H2,1-5H3. The highest BCUT2D eigenvalue weighted by molar-refractivity contribution is 4.71. The Balaban J connectivity index is 3.31. The normalized spacial score (nSPS) is 12.4. The van der Waals surface area contributed by atoms with E-state index in [1.54, 1.807) is 0 Å². The Labute approximate surface area is 97.8 Å². The summed E-state index contributed by atoms with van der Waals surface area (Å²) >= 11 is 0. The van der Waals surface area contributed by atoms with Crippen molar-refractivity contribution in [3.05, 3.63) is 0 Å². The topological polar surface area (TPSA) is 0 Å². The van der Waals surface area contributed by atoms with Crippen molar-refractivity contribution in [3.63, 3.8) is 0 Å². The molecule has 0 fully saturated rings. The van der Waals surface area contributed by atoms with Gasteiger partial charge in [0, 0.05) is 0 Å². The minimum Gasteiger partial charge on any atom is -0.0654 e. The molecule has 0 aromatic carbocycles. The predicted molar refractivity (Wildman–Crippen MR) is 71.2 cm³/mol. The molecule has 0 aromatic rings. The monoisotopic (exact) mass is 212 g/mol. The first-order valence-electron chi connectivity index (χ1n) is 7.00. The molecular weight excluding hydrogens is 180 g/mol. The van der Waals surface area contributed by atoms with Crippen LogP contribution in [0.15, 0.2) is 0 Å². The molecule has 0 radical (unpaired) electrons. The quantitative estimate of drug-likeness (QED) is 0.423. The minimum atomic E-state index is 0.545. The molecule has 0 aliphatic rings. The maximum Gasteiger partial charge on any atom is -0.0331 e. The molecule has 0 aliphatic heterocycles. The molecule has 0 saturated carbocycles. The van der Waals surface area contributed by atoms with Crippen LogP contribution in [0.5, 0.6) is 0 Å². The van der Waals surface area contributed by atoms with E-state index in [0.717, 1.165) is 5.92 Å². The molecule has 0 nitrogen and oxygen atoms in total. The van der Waals surface area contributed by atoms with Crippen LogP contribution in [0, 0.1) is 11.3 Å². The average Bonchev–Trinajstić information content (AvgIpc) is 2.16. The van der Waals surface area contributed by atoms with Crippen molar-refractivity contribution in [3.8, 4) is 0 Å². The van der Waals surface area contributed by atoms with Gasteiger partial charge in [0.15, 0.2) is 0 Å². The molecule has 0 unspecified atom stereocenters. The van der Waals surface area contributed by atoms with Crippen molar-refractivity contribution in [1.82, 2.24) is 0 Å². The summed E-state index contributed by atoms with van der Waals surface area (Å²) in [6.45, 7) is 11.8. The average molecular weight is 212 g/mol. The molecule has 0 amide bonds. The van der Waals surface area contributed by atoms with E-state index in [2.05, 4.69) is 34.6 Å². The van der Waals surface area contributed by atoms with E-state index >= 15 is 0 Å². The molecule has 0 N–H and O–H groups in total. The van der Waals surface area contributed by atoms with Gasteiger partial charge in [-0.3, -0.25) is 0 Å². The molecular formula is C15H32. The van der Waals surface area contributed by atoms with Crippen molar-refractivity contribution >= 4 is 0 Å². The van der Waals surface area contributed by atoms with Gasteiger partial charge >= 0.3 is 0 Å². The van der Waals surface area contributed by atoms with Crippen molar-refractivity contribution in [2.24, 2.45) is 11.3 Å². The Hall–Kier alpha value is 0. The first kappa shape index (κ1) is 15.0. The molecule has 0 spiro atoms. The Bertz CT molecular complexity index is 133. The Morgan fingerprint density at radius 2 is 1.27 bits per heavy atom. The van der Waals surface area contributed by atoms with Crippen molar-refractivity contribution < 1.29 is 0 Å². The highest BCUT2D eigenvalue weighted by Gasteiger charge is 2.20. The highest BCUT2D eigenvalue weighted by atomic mass is 14.3. The van der Waals surface area contributed by atoms with Crippen LogP contribution in [0.2, 0.25) is 0 Å². The van der Waals surface area contributed by atoms with Crippen molar-refractivity contribution in [2.75, 3.05) is 0 Å². The summed E-state index contributed by atoms with van der Waals surface area (Å²) in [6.07, 6.45) is 11.4. The maximum absolute atomic E-state index is 2.41. The fourth-order valence-electron chi connectivity index (χ4n) is 1.83. The van der Waals surface area contributed by atoms with Gasteiger partial charge < -0.3 is 0 Å². The van der Waals surface area contributed by atoms with E-state index < -0.39 is 0 Å². The second kappa shape index (κ2) is 8.19. The lowest BCUT2D eigenvalue weighted by Crippen LogP contribution is -2.18. The van der Waals surface area contributed by atoms with Crippen LogP contribution in [0.3, 0.4) is 0 Å². The van der Waals surface area contributed by atoms with Gasteiger partial charge in [-0.2, -0.15) is 0 Å². The third kappa shape index (κ3) is 7.88. The third-order valence-corrected chi connectivity index (χ3v) is 3.99. The molecule has 0 bridgehead atoms. The van der Waals surface area contributed by atoms with Crippen LogP contribution in [0.1, 0.15) is 86.0 Å². The van der Waals surface area contributed by atoms with Gasteiger partial charge in [-0.05, 0) is 17.8 Å². The molecule has 0 heterocycles. The van der Waals surface area contributed by atoms with E-state index in [9.17, 15) is 0 Å². The van der Waals surface area contributed by atoms with Crippen LogP contribution in [0.4, 0.5) is 0 Å². The second-order valence-electron chi connectivity index (χ2n) is 6.01. The van der Waals surface area contributed by atoms with Gasteiger partial charge in [0.25, 0.3) is 0 Å². The molecule has 0 rings (SSSR count). The van der Waals surface area contributed by atoms with E-state index in [1.165, 1.54) is 51.4 Å². The maximum atomic E-state index is 2.41. The molecule has 0 heteroatoms. The summed E-state index contributed by atoms with van der Waals surface area (Å²) < 4.78 is 0. The Morgan fingerprint density at radius 1 is 0.800 bits per heavy atom. The first-order chi connectivity index (χ1) is 7.00. The summed E-state index contributed by atoms with van der Waals surface area (Å²) in [5, 5.41) is 0. The number of hydrogen-bond donors (Lipinski definition) is 0. The van der Waals surface area contributed by atoms with Crippen LogP contribution in [-0.4, -0.2) is 0 Å². The van der Waals surface area contributed by atoms with E-state index in [-0.39, 0.29) is 0 Å². The van der Waals surface area contributed by atoms with Gasteiger partial charge in [-0.15, -0.1) is 0 Å². The molecule has 92 valence electrons. The number of unbranched alkanes of at least 4 members (excludes halogenated alkanes) is 6. The summed E-state index contributed by atoms with van der Waals surface area (Å²) in [5.41, 5.74) is 0.545. The molecule has 0 atom stereocenters. The largest absolute Gasteiger partial charge is 0.0654 e. The summed E-state index contributed by atoms with van der Waals surface area (Å²) in [7, 11) is 0. The highest BCUT2D eigenvalue weighted by Crippen LogP contribution is 2.32. The lowest BCUT2D eigenvalue weighted by Gasteiger charge is -2.29. The zero-order chi connectivity index (χ0) is 11.7. The lowest BCUT2D eigenvalue weighted by molar-refractivity contribution is 0.221. The van der Waals surface area contributed by atoms with Crippen LogP contribution >= 0.6 is 0 Å². The molecule has 0 aromatic heterocycles. The third-order valence-electron chi connectivity index (χ3n) is 3.99. The van der Waals surface area contributed by atoms with Crippen LogP contribution in [-0.2, 0) is 0 Å².